The van der Waals surface area contributed by atoms with Crippen molar-refractivity contribution in [2.75, 3.05) is 0 Å². The van der Waals surface area contributed by atoms with E-state index in [0.717, 1.165) is 16.7 Å². The lowest BCUT2D eigenvalue weighted by Crippen LogP contribution is -2.62. The standard InChI is InChI=1S/C32H41NO4Si/c1-24(2)38(25(3)4,32(5,6)28-20-14-9-15-21-28)37-30(34)29(22-26-16-10-7-11-17-26)33-31(35)36-23-27-18-12-8-13-19-27/h7-21,24-25,29H,22-23H2,1-6H3,(H,33,35)/t29-/m0/s1. The first-order chi connectivity index (χ1) is 18.1. The molecule has 202 valence electrons. The molecular weight excluding hydrogens is 490 g/mol. The van der Waals surface area contributed by atoms with Gasteiger partial charge in [0, 0.05) is 11.5 Å². The second kappa shape index (κ2) is 12.9. The summed E-state index contributed by atoms with van der Waals surface area (Å²) in [6.45, 7) is 13.1. The van der Waals surface area contributed by atoms with Gasteiger partial charge in [0.1, 0.15) is 12.6 Å². The number of carbonyl (C=O) groups is 2. The zero-order chi connectivity index (χ0) is 27.8. The molecule has 0 aliphatic carbocycles. The van der Waals surface area contributed by atoms with Crippen LogP contribution in [0.15, 0.2) is 91.0 Å². The van der Waals surface area contributed by atoms with E-state index in [9.17, 15) is 9.59 Å². The van der Waals surface area contributed by atoms with Crippen LogP contribution in [0, 0.1) is 0 Å². The van der Waals surface area contributed by atoms with Crippen molar-refractivity contribution in [2.45, 2.75) is 76.7 Å². The number of benzene rings is 3. The molecule has 6 heteroatoms. The van der Waals surface area contributed by atoms with E-state index in [2.05, 4.69) is 59.0 Å². The minimum atomic E-state index is -2.83. The molecule has 0 aliphatic rings. The molecule has 0 fully saturated rings. The molecule has 1 N–H and O–H groups in total. The molecule has 1 amide bonds. The highest BCUT2D eigenvalue weighted by molar-refractivity contribution is 6.80. The van der Waals surface area contributed by atoms with Gasteiger partial charge < -0.3 is 14.5 Å². The summed E-state index contributed by atoms with van der Waals surface area (Å²) in [5.74, 6) is -0.413. The summed E-state index contributed by atoms with van der Waals surface area (Å²) in [7, 11) is -2.83. The number of rotatable bonds is 11. The van der Waals surface area contributed by atoms with E-state index in [-0.39, 0.29) is 22.7 Å². The summed E-state index contributed by atoms with van der Waals surface area (Å²) in [4.78, 5) is 26.8. The average molecular weight is 532 g/mol. The number of hydrogen-bond acceptors (Lipinski definition) is 4. The van der Waals surface area contributed by atoms with Gasteiger partial charge in [0.25, 0.3) is 8.32 Å². The maximum atomic E-state index is 14.0. The number of carbonyl (C=O) groups excluding carboxylic acids is 2. The minimum absolute atomic E-state index is 0.123. The van der Waals surface area contributed by atoms with Gasteiger partial charge in [0.2, 0.25) is 0 Å². The Morgan fingerprint density at radius 2 is 1.24 bits per heavy atom. The summed E-state index contributed by atoms with van der Waals surface area (Å²) in [5, 5.41) is 2.45. The second-order valence-corrected chi connectivity index (χ2v) is 16.3. The van der Waals surface area contributed by atoms with Crippen LogP contribution in [-0.2, 0) is 32.0 Å². The first-order valence-electron chi connectivity index (χ1n) is 13.4. The lowest BCUT2D eigenvalue weighted by molar-refractivity contribution is -0.138. The van der Waals surface area contributed by atoms with Crippen LogP contribution in [-0.4, -0.2) is 26.4 Å². The number of hydrogen-bond donors (Lipinski definition) is 1. The van der Waals surface area contributed by atoms with Crippen LogP contribution in [0.3, 0.4) is 0 Å². The first kappa shape index (κ1) is 29.2. The zero-order valence-corrected chi connectivity index (χ0v) is 24.4. The number of nitrogens with one attached hydrogen (secondary N) is 1. The van der Waals surface area contributed by atoms with E-state index in [1.54, 1.807) is 0 Å². The molecule has 0 saturated heterocycles. The molecule has 38 heavy (non-hydrogen) atoms. The molecule has 0 unspecified atom stereocenters. The van der Waals surface area contributed by atoms with Gasteiger partial charge in [-0.15, -0.1) is 0 Å². The third kappa shape index (κ3) is 6.73. The van der Waals surface area contributed by atoms with Crippen molar-refractivity contribution < 1.29 is 18.8 Å². The number of amides is 1. The van der Waals surface area contributed by atoms with Gasteiger partial charge in [0.15, 0.2) is 0 Å². The summed E-state index contributed by atoms with van der Waals surface area (Å²) in [6.07, 6.45) is -0.331. The van der Waals surface area contributed by atoms with E-state index in [0.29, 0.717) is 6.42 Å². The summed E-state index contributed by atoms with van der Waals surface area (Å²) < 4.78 is 12.2. The predicted octanol–water partition coefficient (Wildman–Crippen LogP) is 7.35. The Morgan fingerprint density at radius 3 is 1.74 bits per heavy atom. The molecule has 3 rings (SSSR count). The average Bonchev–Trinajstić information content (AvgIpc) is 2.91. The van der Waals surface area contributed by atoms with Crippen LogP contribution in [0.25, 0.3) is 0 Å². The lowest BCUT2D eigenvalue weighted by Gasteiger charge is -2.49. The summed E-state index contributed by atoms with van der Waals surface area (Å²) in [6, 6.07) is 28.5. The smallest absolute Gasteiger partial charge is 0.408 e. The Balaban J connectivity index is 1.90. The molecule has 0 heterocycles. The Hall–Kier alpha value is -3.38. The SMILES string of the molecule is CC(C)[Si](OC(=O)[C@H](Cc1ccccc1)NC(=O)OCc1ccccc1)(C(C)C)C(C)(C)c1ccccc1. The lowest BCUT2D eigenvalue weighted by atomic mass is 10.0. The van der Waals surface area contributed by atoms with Gasteiger partial charge >= 0.3 is 12.1 Å². The normalized spacial score (nSPS) is 12.7. The molecule has 3 aromatic rings. The predicted molar refractivity (Wildman–Crippen MR) is 155 cm³/mol. The van der Waals surface area contributed by atoms with Crippen molar-refractivity contribution >= 4 is 20.4 Å². The third-order valence-electron chi connectivity index (χ3n) is 7.53. The van der Waals surface area contributed by atoms with Gasteiger partial charge in [0.05, 0.1) is 0 Å². The summed E-state index contributed by atoms with van der Waals surface area (Å²) in [5.41, 5.74) is 3.24. The number of alkyl carbamates (subject to hydrolysis) is 1. The van der Waals surface area contributed by atoms with E-state index in [1.807, 2.05) is 78.9 Å². The van der Waals surface area contributed by atoms with Gasteiger partial charge in [-0.25, -0.2) is 4.79 Å². The Labute approximate surface area is 228 Å². The number of ether oxygens (including phenoxy) is 1. The van der Waals surface area contributed by atoms with E-state index in [4.69, 9.17) is 9.16 Å². The quantitative estimate of drug-likeness (QED) is 0.263. The van der Waals surface area contributed by atoms with E-state index in [1.165, 1.54) is 0 Å². The van der Waals surface area contributed by atoms with Crippen molar-refractivity contribution in [3.63, 3.8) is 0 Å². The van der Waals surface area contributed by atoms with Crippen molar-refractivity contribution in [1.82, 2.24) is 5.32 Å². The monoisotopic (exact) mass is 531 g/mol. The van der Waals surface area contributed by atoms with Crippen LogP contribution in [0.4, 0.5) is 4.79 Å². The highest BCUT2D eigenvalue weighted by Crippen LogP contribution is 2.48. The van der Waals surface area contributed by atoms with Crippen LogP contribution in [0.2, 0.25) is 11.1 Å². The zero-order valence-electron chi connectivity index (χ0n) is 23.4. The first-order valence-corrected chi connectivity index (χ1v) is 15.4. The minimum Gasteiger partial charge on any atom is -0.516 e. The molecule has 0 spiro atoms. The van der Waals surface area contributed by atoms with Crippen LogP contribution >= 0.6 is 0 Å². The fourth-order valence-corrected chi connectivity index (χ4v) is 11.8. The maximum absolute atomic E-state index is 14.0. The van der Waals surface area contributed by atoms with Crippen molar-refractivity contribution in [1.29, 1.82) is 0 Å². The van der Waals surface area contributed by atoms with Crippen LogP contribution in [0.1, 0.15) is 58.2 Å². The summed E-state index contributed by atoms with van der Waals surface area (Å²) >= 11 is 0. The van der Waals surface area contributed by atoms with Crippen molar-refractivity contribution in [2.24, 2.45) is 0 Å². The highest BCUT2D eigenvalue weighted by atomic mass is 28.4. The molecule has 1 atom stereocenters. The van der Waals surface area contributed by atoms with Crippen molar-refractivity contribution in [3.8, 4) is 0 Å². The Kier molecular flexibility index (Phi) is 9.92. The second-order valence-electron chi connectivity index (χ2n) is 11.0. The van der Waals surface area contributed by atoms with Gasteiger partial charge in [-0.2, -0.15) is 0 Å². The largest absolute Gasteiger partial charge is 0.516 e. The fraction of sp³-hybridized carbons (Fsp3) is 0.375. The molecule has 0 aliphatic heterocycles. The molecular formula is C32H41NO4Si. The van der Waals surface area contributed by atoms with Gasteiger partial charge in [-0.05, 0) is 27.8 Å². The molecule has 0 saturated carbocycles. The van der Waals surface area contributed by atoms with Gasteiger partial charge in [-0.3, -0.25) is 4.79 Å². The maximum Gasteiger partial charge on any atom is 0.408 e. The van der Waals surface area contributed by atoms with Crippen molar-refractivity contribution in [3.05, 3.63) is 108 Å². The Bertz CT molecular complexity index is 1160. The van der Waals surface area contributed by atoms with E-state index < -0.39 is 26.4 Å². The molecule has 0 bridgehead atoms. The molecule has 0 aromatic heterocycles. The van der Waals surface area contributed by atoms with Gasteiger partial charge in [-0.1, -0.05) is 133 Å². The Morgan fingerprint density at radius 1 is 0.763 bits per heavy atom. The molecule has 0 radical (unpaired) electrons. The fourth-order valence-electron chi connectivity index (χ4n) is 5.74. The van der Waals surface area contributed by atoms with Crippen LogP contribution in [0.5, 0.6) is 0 Å². The van der Waals surface area contributed by atoms with Crippen LogP contribution < -0.4 is 5.32 Å². The molecule has 3 aromatic carbocycles. The topological polar surface area (TPSA) is 64.6 Å². The highest BCUT2D eigenvalue weighted by Gasteiger charge is 2.58. The van der Waals surface area contributed by atoms with E-state index >= 15 is 0 Å². The third-order valence-corrected chi connectivity index (χ3v) is 13.7. The molecule has 5 nitrogen and oxygen atoms in total.